The van der Waals surface area contributed by atoms with Crippen molar-refractivity contribution >= 4 is 11.8 Å². The molecule has 2 aliphatic heterocycles. The van der Waals surface area contributed by atoms with Crippen molar-refractivity contribution in [1.29, 1.82) is 0 Å². The minimum Gasteiger partial charge on any atom is -0.378 e. The van der Waals surface area contributed by atoms with Crippen LogP contribution in [0.3, 0.4) is 0 Å². The van der Waals surface area contributed by atoms with Gasteiger partial charge in [0.1, 0.15) is 0 Å². The van der Waals surface area contributed by atoms with Gasteiger partial charge in [-0.25, -0.2) is 0 Å². The zero-order valence-electron chi connectivity index (χ0n) is 16.2. The molecule has 142 valence electrons. The van der Waals surface area contributed by atoms with Crippen molar-refractivity contribution in [1.82, 2.24) is 0 Å². The average molecular weight is 357 g/mol. The highest BCUT2D eigenvalue weighted by Crippen LogP contribution is 2.39. The Morgan fingerprint density at radius 2 is 1.75 bits per heavy atom. The molecule has 0 spiro atoms. The topological polar surface area (TPSA) is 18.5 Å². The normalized spacial score (nSPS) is 27.2. The van der Waals surface area contributed by atoms with Crippen LogP contribution >= 0.6 is 11.8 Å². The Balaban J connectivity index is 1.58. The van der Waals surface area contributed by atoms with E-state index >= 15 is 0 Å². The van der Waals surface area contributed by atoms with Crippen LogP contribution in [0.5, 0.6) is 0 Å². The van der Waals surface area contributed by atoms with E-state index in [0.717, 1.165) is 13.2 Å². The molecule has 24 heavy (non-hydrogen) atoms. The Morgan fingerprint density at radius 1 is 0.917 bits per heavy atom. The van der Waals surface area contributed by atoms with Gasteiger partial charge in [-0.2, -0.15) is 11.8 Å². The fraction of sp³-hybridized carbons (Fsp3) is 1.00. The molecular formula is C21H40O2S. The molecule has 0 amide bonds. The van der Waals surface area contributed by atoms with E-state index in [1.54, 1.807) is 0 Å². The van der Waals surface area contributed by atoms with E-state index in [1.165, 1.54) is 89.2 Å². The molecule has 0 bridgehead atoms. The summed E-state index contributed by atoms with van der Waals surface area (Å²) in [5, 5.41) is 0. The quantitative estimate of drug-likeness (QED) is 0.379. The van der Waals surface area contributed by atoms with Crippen LogP contribution in [0.2, 0.25) is 0 Å². The van der Waals surface area contributed by atoms with E-state index in [1.807, 2.05) is 0 Å². The minimum absolute atomic E-state index is 0.341. The van der Waals surface area contributed by atoms with Crippen LogP contribution < -0.4 is 0 Å². The molecule has 2 nitrogen and oxygen atoms in total. The smallest absolute Gasteiger partial charge is 0.0719 e. The summed E-state index contributed by atoms with van der Waals surface area (Å²) in [6.07, 6.45) is 18.3. The van der Waals surface area contributed by atoms with Gasteiger partial charge in [0.2, 0.25) is 0 Å². The van der Waals surface area contributed by atoms with Crippen LogP contribution in [-0.2, 0) is 9.47 Å². The maximum atomic E-state index is 6.16. The summed E-state index contributed by atoms with van der Waals surface area (Å²) >= 11 is 2.20. The third-order valence-corrected chi connectivity index (χ3v) is 7.38. The van der Waals surface area contributed by atoms with Gasteiger partial charge in [-0.1, -0.05) is 39.0 Å². The summed E-state index contributed by atoms with van der Waals surface area (Å²) in [5.74, 6) is 1.31. The standard InChI is InChI=1S/C21H40O2S/c1-3-4-15-21(2,20-14-8-9-16-23-20)24-18-10-6-5-7-12-19-13-11-17-22-19/h19-20H,3-18H2,1-2H3. The first kappa shape index (κ1) is 20.6. The Labute approximate surface area is 154 Å². The van der Waals surface area contributed by atoms with Gasteiger partial charge in [0.25, 0.3) is 0 Å². The van der Waals surface area contributed by atoms with Gasteiger partial charge in [-0.15, -0.1) is 0 Å². The molecule has 2 rings (SSSR count). The van der Waals surface area contributed by atoms with Gasteiger partial charge in [0.15, 0.2) is 0 Å². The molecule has 2 aliphatic rings. The third kappa shape index (κ3) is 7.25. The van der Waals surface area contributed by atoms with Gasteiger partial charge in [-0.3, -0.25) is 0 Å². The molecular weight excluding hydrogens is 316 g/mol. The highest BCUT2D eigenvalue weighted by atomic mass is 32.2. The Hall–Kier alpha value is 0.270. The summed E-state index contributed by atoms with van der Waals surface area (Å²) in [6.45, 7) is 6.76. The summed E-state index contributed by atoms with van der Waals surface area (Å²) in [7, 11) is 0. The summed E-state index contributed by atoms with van der Waals surface area (Å²) in [4.78, 5) is 0. The lowest BCUT2D eigenvalue weighted by atomic mass is 9.92. The van der Waals surface area contributed by atoms with Gasteiger partial charge >= 0.3 is 0 Å². The number of ether oxygens (including phenoxy) is 2. The second kappa shape index (κ2) is 11.8. The predicted octanol–water partition coefficient (Wildman–Crippen LogP) is 6.37. The number of hydrogen-bond donors (Lipinski definition) is 0. The van der Waals surface area contributed by atoms with Crippen LogP contribution in [0, 0.1) is 0 Å². The van der Waals surface area contributed by atoms with E-state index in [-0.39, 0.29) is 0 Å². The summed E-state index contributed by atoms with van der Waals surface area (Å²) < 4.78 is 12.2. The molecule has 3 heteroatoms. The van der Waals surface area contributed by atoms with Crippen molar-refractivity contribution < 1.29 is 9.47 Å². The highest BCUT2D eigenvalue weighted by molar-refractivity contribution is 8.00. The molecule has 3 atom stereocenters. The maximum Gasteiger partial charge on any atom is 0.0719 e. The van der Waals surface area contributed by atoms with E-state index in [2.05, 4.69) is 25.6 Å². The first-order valence-electron chi connectivity index (χ1n) is 10.6. The molecule has 2 heterocycles. The number of unbranched alkanes of at least 4 members (excludes halogenated alkanes) is 4. The molecule has 0 N–H and O–H groups in total. The minimum atomic E-state index is 0.341. The molecule has 0 aromatic heterocycles. The van der Waals surface area contributed by atoms with Crippen LogP contribution in [0.25, 0.3) is 0 Å². The van der Waals surface area contributed by atoms with E-state index < -0.39 is 0 Å². The lowest BCUT2D eigenvalue weighted by Gasteiger charge is -2.39. The second-order valence-electron chi connectivity index (χ2n) is 7.96. The molecule has 3 unspecified atom stereocenters. The van der Waals surface area contributed by atoms with E-state index in [4.69, 9.17) is 9.47 Å². The molecule has 0 aliphatic carbocycles. The van der Waals surface area contributed by atoms with Gasteiger partial charge in [0.05, 0.1) is 12.2 Å². The van der Waals surface area contributed by atoms with E-state index in [0.29, 0.717) is 17.0 Å². The number of rotatable bonds is 12. The number of hydrogen-bond acceptors (Lipinski definition) is 3. The van der Waals surface area contributed by atoms with E-state index in [9.17, 15) is 0 Å². The molecule has 0 aromatic rings. The summed E-state index contributed by atoms with van der Waals surface area (Å²) in [5.41, 5.74) is 0. The number of thioether (sulfide) groups is 1. The monoisotopic (exact) mass is 356 g/mol. The Morgan fingerprint density at radius 3 is 2.46 bits per heavy atom. The van der Waals surface area contributed by atoms with Crippen LogP contribution in [0.15, 0.2) is 0 Å². The Bertz CT molecular complexity index is 311. The largest absolute Gasteiger partial charge is 0.378 e. The van der Waals surface area contributed by atoms with Crippen LogP contribution in [-0.4, -0.2) is 35.9 Å². The van der Waals surface area contributed by atoms with Crippen molar-refractivity contribution in [3.8, 4) is 0 Å². The van der Waals surface area contributed by atoms with Crippen molar-refractivity contribution in [3.63, 3.8) is 0 Å². The second-order valence-corrected chi connectivity index (χ2v) is 9.59. The van der Waals surface area contributed by atoms with Gasteiger partial charge < -0.3 is 9.47 Å². The van der Waals surface area contributed by atoms with Crippen molar-refractivity contribution in [2.75, 3.05) is 19.0 Å². The third-order valence-electron chi connectivity index (χ3n) is 5.76. The van der Waals surface area contributed by atoms with Crippen molar-refractivity contribution in [2.24, 2.45) is 0 Å². The molecule has 2 fully saturated rings. The molecule has 0 radical (unpaired) electrons. The maximum absolute atomic E-state index is 6.16. The zero-order chi connectivity index (χ0) is 17.1. The lowest BCUT2D eigenvalue weighted by Crippen LogP contribution is -2.40. The lowest BCUT2D eigenvalue weighted by molar-refractivity contribution is -0.00733. The average Bonchev–Trinajstić information content (AvgIpc) is 3.13. The Kier molecular flexibility index (Phi) is 10.1. The van der Waals surface area contributed by atoms with Gasteiger partial charge in [0, 0.05) is 18.0 Å². The molecule has 2 saturated heterocycles. The summed E-state index contributed by atoms with van der Waals surface area (Å²) in [6, 6.07) is 0. The van der Waals surface area contributed by atoms with Crippen LogP contribution in [0.4, 0.5) is 0 Å². The van der Waals surface area contributed by atoms with Gasteiger partial charge in [-0.05, 0) is 64.0 Å². The predicted molar refractivity (Wildman–Crippen MR) is 106 cm³/mol. The first-order valence-corrected chi connectivity index (χ1v) is 11.6. The fourth-order valence-corrected chi connectivity index (χ4v) is 5.56. The molecule has 0 saturated carbocycles. The van der Waals surface area contributed by atoms with Crippen LogP contribution in [0.1, 0.15) is 97.3 Å². The zero-order valence-corrected chi connectivity index (χ0v) is 17.0. The fourth-order valence-electron chi connectivity index (χ4n) is 4.08. The highest BCUT2D eigenvalue weighted by Gasteiger charge is 2.35. The SMILES string of the molecule is CCCCC(C)(SCCCCCCC1CCCO1)C1CCCCO1. The van der Waals surface area contributed by atoms with Crippen molar-refractivity contribution in [3.05, 3.63) is 0 Å². The molecule has 0 aromatic carbocycles. The first-order chi connectivity index (χ1) is 11.7. The van der Waals surface area contributed by atoms with Crippen molar-refractivity contribution in [2.45, 2.75) is 114 Å².